The Balaban J connectivity index is 0.000000404. The van der Waals surface area contributed by atoms with Crippen molar-refractivity contribution in [2.45, 2.75) is 13.8 Å². The van der Waals surface area contributed by atoms with Crippen LogP contribution in [0.1, 0.15) is 13.8 Å². The summed E-state index contributed by atoms with van der Waals surface area (Å²) in [7, 11) is 1.96. The van der Waals surface area contributed by atoms with Crippen molar-refractivity contribution in [2.24, 2.45) is 12.5 Å². The van der Waals surface area contributed by atoms with Gasteiger partial charge in [0.05, 0.1) is 11.9 Å². The zero-order valence-corrected chi connectivity index (χ0v) is 9.82. The van der Waals surface area contributed by atoms with Crippen molar-refractivity contribution >= 4 is 5.69 Å². The van der Waals surface area contributed by atoms with Crippen LogP contribution in [-0.2, 0) is 7.05 Å². The van der Waals surface area contributed by atoms with Gasteiger partial charge in [-0.3, -0.25) is 4.68 Å². The fourth-order valence-corrected chi connectivity index (χ4v) is 2.22. The normalized spacial score (nSPS) is 21.4. The third kappa shape index (κ3) is 1.74. The molecule has 0 saturated carbocycles. The van der Waals surface area contributed by atoms with Gasteiger partial charge in [0.2, 0.25) is 0 Å². The maximum Gasteiger partial charge on any atom is 0.0752 e. The molecular weight excluding hydrogens is 188 g/mol. The first-order valence-electron chi connectivity index (χ1n) is 5.72. The second kappa shape index (κ2) is 3.85. The van der Waals surface area contributed by atoms with Crippen LogP contribution in [0.4, 0.5) is 5.69 Å². The van der Waals surface area contributed by atoms with Gasteiger partial charge in [-0.25, -0.2) is 0 Å². The first-order chi connectivity index (χ1) is 7.27. The fourth-order valence-electron chi connectivity index (χ4n) is 2.22. The van der Waals surface area contributed by atoms with E-state index in [2.05, 4.69) is 21.5 Å². The van der Waals surface area contributed by atoms with Crippen molar-refractivity contribution in [3.8, 4) is 0 Å². The van der Waals surface area contributed by atoms with Gasteiger partial charge < -0.3 is 10.2 Å². The summed E-state index contributed by atoms with van der Waals surface area (Å²) in [6.07, 6.45) is 4.03. The molecule has 2 saturated heterocycles. The van der Waals surface area contributed by atoms with E-state index in [-0.39, 0.29) is 0 Å². The van der Waals surface area contributed by atoms with E-state index in [9.17, 15) is 0 Å². The number of hydrogen-bond acceptors (Lipinski definition) is 3. The highest BCUT2D eigenvalue weighted by Gasteiger charge is 2.47. The Bertz CT molecular complexity index is 319. The third-order valence-corrected chi connectivity index (χ3v) is 3.11. The van der Waals surface area contributed by atoms with Gasteiger partial charge in [-0.2, -0.15) is 5.10 Å². The predicted octanol–water partition coefficient (Wildman–Crippen LogP) is 0.856. The van der Waals surface area contributed by atoms with E-state index in [1.54, 1.807) is 0 Å². The van der Waals surface area contributed by atoms with Crippen LogP contribution in [0.15, 0.2) is 12.4 Å². The standard InChI is InChI=1S/C9H14N4.C2H6/c1-12-3-8(2-11-12)13-6-9(7-13)4-10-5-9;1-2/h2-3,10H,4-7H2,1H3;1-2H3. The van der Waals surface area contributed by atoms with Crippen molar-refractivity contribution in [1.82, 2.24) is 15.1 Å². The zero-order chi connectivity index (χ0) is 10.9. The number of rotatable bonds is 1. The number of nitrogens with one attached hydrogen (secondary N) is 1. The summed E-state index contributed by atoms with van der Waals surface area (Å²) >= 11 is 0. The molecule has 0 radical (unpaired) electrons. The van der Waals surface area contributed by atoms with Crippen LogP contribution in [0.25, 0.3) is 0 Å². The van der Waals surface area contributed by atoms with Gasteiger partial charge in [0.1, 0.15) is 0 Å². The first-order valence-corrected chi connectivity index (χ1v) is 5.72. The summed E-state index contributed by atoms with van der Waals surface area (Å²) < 4.78 is 1.86. The second-order valence-electron chi connectivity index (χ2n) is 4.33. The van der Waals surface area contributed by atoms with Crippen LogP contribution < -0.4 is 10.2 Å². The lowest BCUT2D eigenvalue weighted by atomic mass is 9.74. The van der Waals surface area contributed by atoms with Gasteiger partial charge in [-0.15, -0.1) is 0 Å². The van der Waals surface area contributed by atoms with E-state index >= 15 is 0 Å². The molecule has 0 aromatic carbocycles. The minimum atomic E-state index is 0.607. The zero-order valence-electron chi connectivity index (χ0n) is 9.82. The molecule has 1 aromatic rings. The molecule has 84 valence electrons. The smallest absolute Gasteiger partial charge is 0.0752 e. The first kappa shape index (κ1) is 10.5. The molecule has 0 unspecified atom stereocenters. The van der Waals surface area contributed by atoms with Gasteiger partial charge >= 0.3 is 0 Å². The van der Waals surface area contributed by atoms with Crippen LogP contribution in [0, 0.1) is 5.41 Å². The number of hydrogen-bond donors (Lipinski definition) is 1. The predicted molar refractivity (Wildman–Crippen MR) is 62.1 cm³/mol. The van der Waals surface area contributed by atoms with E-state index in [1.807, 2.05) is 31.8 Å². The largest absolute Gasteiger partial charge is 0.368 e. The molecule has 1 spiro atoms. The van der Waals surface area contributed by atoms with Crippen LogP contribution in [0.2, 0.25) is 0 Å². The Morgan fingerprint density at radius 2 is 2.00 bits per heavy atom. The monoisotopic (exact) mass is 208 g/mol. The van der Waals surface area contributed by atoms with Crippen molar-refractivity contribution in [2.75, 3.05) is 31.1 Å². The Morgan fingerprint density at radius 1 is 1.33 bits per heavy atom. The molecule has 2 fully saturated rings. The molecule has 2 aliphatic heterocycles. The van der Waals surface area contributed by atoms with Gasteiger partial charge in [0.25, 0.3) is 0 Å². The number of aromatic nitrogens is 2. The average molecular weight is 208 g/mol. The third-order valence-electron chi connectivity index (χ3n) is 3.11. The Kier molecular flexibility index (Phi) is 2.69. The van der Waals surface area contributed by atoms with Crippen LogP contribution in [0.3, 0.4) is 0 Å². The van der Waals surface area contributed by atoms with E-state index in [1.165, 1.54) is 31.9 Å². The van der Waals surface area contributed by atoms with E-state index in [4.69, 9.17) is 0 Å². The molecule has 1 aromatic heterocycles. The molecule has 3 rings (SSSR count). The molecule has 1 N–H and O–H groups in total. The van der Waals surface area contributed by atoms with Crippen LogP contribution >= 0.6 is 0 Å². The summed E-state index contributed by atoms with van der Waals surface area (Å²) in [5.41, 5.74) is 1.87. The molecule has 0 atom stereocenters. The SMILES string of the molecule is CC.Cn1cc(N2CC3(CNC3)C2)cn1. The lowest BCUT2D eigenvalue weighted by Crippen LogP contribution is -2.71. The van der Waals surface area contributed by atoms with Crippen molar-refractivity contribution in [3.63, 3.8) is 0 Å². The molecular formula is C11H20N4. The average Bonchev–Trinajstić information content (AvgIpc) is 2.51. The summed E-state index contributed by atoms with van der Waals surface area (Å²) in [4.78, 5) is 2.40. The highest BCUT2D eigenvalue weighted by atomic mass is 15.3. The molecule has 0 bridgehead atoms. The van der Waals surface area contributed by atoms with Crippen molar-refractivity contribution in [3.05, 3.63) is 12.4 Å². The maximum absolute atomic E-state index is 4.17. The van der Waals surface area contributed by atoms with Crippen LogP contribution in [-0.4, -0.2) is 36.0 Å². The van der Waals surface area contributed by atoms with Gasteiger partial charge in [0.15, 0.2) is 0 Å². The van der Waals surface area contributed by atoms with E-state index in [0.29, 0.717) is 5.41 Å². The summed E-state index contributed by atoms with van der Waals surface area (Å²) in [5.74, 6) is 0. The minimum Gasteiger partial charge on any atom is -0.368 e. The van der Waals surface area contributed by atoms with Gasteiger partial charge in [0, 0.05) is 44.8 Å². The number of aryl methyl sites for hydroxylation is 1. The molecule has 2 aliphatic rings. The van der Waals surface area contributed by atoms with E-state index < -0.39 is 0 Å². The summed E-state index contributed by atoms with van der Waals surface area (Å²) in [6.45, 7) is 8.80. The molecule has 0 amide bonds. The highest BCUT2D eigenvalue weighted by molar-refractivity contribution is 5.47. The van der Waals surface area contributed by atoms with Gasteiger partial charge in [-0.05, 0) is 0 Å². The quantitative estimate of drug-likeness (QED) is 0.743. The lowest BCUT2D eigenvalue weighted by molar-refractivity contribution is 0.121. The lowest BCUT2D eigenvalue weighted by Gasteiger charge is -2.56. The topological polar surface area (TPSA) is 33.1 Å². The van der Waals surface area contributed by atoms with E-state index in [0.717, 1.165) is 0 Å². The van der Waals surface area contributed by atoms with Crippen molar-refractivity contribution in [1.29, 1.82) is 0 Å². The summed E-state index contributed by atoms with van der Waals surface area (Å²) in [6, 6.07) is 0. The maximum atomic E-state index is 4.17. The van der Waals surface area contributed by atoms with Crippen LogP contribution in [0.5, 0.6) is 0 Å². The van der Waals surface area contributed by atoms with Crippen molar-refractivity contribution < 1.29 is 0 Å². The Labute approximate surface area is 91.3 Å². The fraction of sp³-hybridized carbons (Fsp3) is 0.727. The number of nitrogens with zero attached hydrogens (tertiary/aromatic N) is 3. The second-order valence-corrected chi connectivity index (χ2v) is 4.33. The summed E-state index contributed by atoms with van der Waals surface area (Å²) in [5, 5.41) is 7.50. The van der Waals surface area contributed by atoms with Gasteiger partial charge in [-0.1, -0.05) is 13.8 Å². The molecule has 4 heteroatoms. The molecule has 3 heterocycles. The molecule has 4 nitrogen and oxygen atoms in total. The minimum absolute atomic E-state index is 0.607. The Hall–Kier alpha value is -1.03. The molecule has 15 heavy (non-hydrogen) atoms. The molecule has 0 aliphatic carbocycles. The highest BCUT2D eigenvalue weighted by Crippen LogP contribution is 2.36. The Morgan fingerprint density at radius 3 is 2.40 bits per heavy atom. The number of anilines is 1.